The van der Waals surface area contributed by atoms with E-state index in [9.17, 15) is 28.7 Å². The largest absolute Gasteiger partial charge is 0.505 e. The number of aromatic carboxylic acids is 1. The molecule has 3 rings (SSSR count). The van der Waals surface area contributed by atoms with Gasteiger partial charge in [0.05, 0.1) is 12.1 Å². The van der Waals surface area contributed by atoms with Gasteiger partial charge in [0, 0.05) is 11.6 Å². The van der Waals surface area contributed by atoms with E-state index in [1.807, 2.05) is 0 Å². The molecule has 8 heteroatoms. The summed E-state index contributed by atoms with van der Waals surface area (Å²) in [5.74, 6) is -3.47. The summed E-state index contributed by atoms with van der Waals surface area (Å²) in [6.07, 6.45) is 1.77. The molecule has 0 atom stereocenters. The Balaban J connectivity index is 2.16. The van der Waals surface area contributed by atoms with Gasteiger partial charge in [-0.2, -0.15) is 5.12 Å². The second-order valence-electron chi connectivity index (χ2n) is 6.15. The number of amides is 1. The van der Waals surface area contributed by atoms with Gasteiger partial charge in [0.25, 0.3) is 5.91 Å². The summed E-state index contributed by atoms with van der Waals surface area (Å²) in [6, 6.07) is 8.29. The van der Waals surface area contributed by atoms with Gasteiger partial charge in [0.2, 0.25) is 0 Å². The molecule has 0 bridgehead atoms. The van der Waals surface area contributed by atoms with Gasteiger partial charge >= 0.3 is 5.97 Å². The van der Waals surface area contributed by atoms with Crippen LogP contribution in [-0.2, 0) is 6.42 Å². The molecule has 0 unspecified atom stereocenters. The van der Waals surface area contributed by atoms with Gasteiger partial charge < -0.3 is 10.2 Å². The highest BCUT2D eigenvalue weighted by Crippen LogP contribution is 2.32. The minimum absolute atomic E-state index is 0.0515. The second kappa shape index (κ2) is 7.59. The van der Waals surface area contributed by atoms with Gasteiger partial charge in [-0.3, -0.25) is 9.78 Å². The molecule has 28 heavy (non-hydrogen) atoms. The van der Waals surface area contributed by atoms with Crippen LogP contribution in [0.5, 0.6) is 5.75 Å². The Kier molecular flexibility index (Phi) is 5.21. The first-order valence-electron chi connectivity index (χ1n) is 8.41. The highest BCUT2D eigenvalue weighted by molar-refractivity contribution is 6.11. The third-order valence-electron chi connectivity index (χ3n) is 4.28. The van der Waals surface area contributed by atoms with Crippen LogP contribution in [0.25, 0.3) is 10.9 Å². The summed E-state index contributed by atoms with van der Waals surface area (Å²) in [5.41, 5.74) is 0.526. The number of carboxylic acids is 1. The number of carbonyl (C=O) groups is 2. The minimum Gasteiger partial charge on any atom is -0.505 e. The number of phenols is 1. The zero-order valence-electron chi connectivity index (χ0n) is 14.8. The van der Waals surface area contributed by atoms with Crippen molar-refractivity contribution in [1.82, 2.24) is 10.1 Å². The average Bonchev–Trinajstić information content (AvgIpc) is 2.68. The lowest BCUT2D eigenvalue weighted by atomic mass is 9.98. The maximum absolute atomic E-state index is 13.9. The molecular formula is C20H16F2N2O4. The molecule has 6 nitrogen and oxygen atoms in total. The smallest absolute Gasteiger partial charge is 0.339 e. The quantitative estimate of drug-likeness (QED) is 0.653. The summed E-state index contributed by atoms with van der Waals surface area (Å²) in [7, 11) is 0. The Hall–Kier alpha value is -3.55. The number of carbonyl (C=O) groups excluding carboxylic acids is 1. The third kappa shape index (κ3) is 3.62. The lowest BCUT2D eigenvalue weighted by Crippen LogP contribution is -2.23. The van der Waals surface area contributed by atoms with Crippen LogP contribution < -0.4 is 0 Å². The number of aromatic nitrogens is 1. The van der Waals surface area contributed by atoms with Crippen LogP contribution >= 0.6 is 0 Å². The Bertz CT molecular complexity index is 1070. The van der Waals surface area contributed by atoms with Crippen LogP contribution in [0.1, 0.15) is 38.8 Å². The summed E-state index contributed by atoms with van der Waals surface area (Å²) in [4.78, 5) is 27.9. The van der Waals surface area contributed by atoms with Crippen LogP contribution in [0, 0.1) is 5.82 Å². The fourth-order valence-electron chi connectivity index (χ4n) is 2.87. The molecule has 0 saturated carbocycles. The predicted octanol–water partition coefficient (Wildman–Crippen LogP) is 3.72. The number of pyridine rings is 1. The minimum atomic E-state index is -1.47. The molecule has 0 aliphatic rings. The molecule has 0 aliphatic carbocycles. The molecular weight excluding hydrogens is 370 g/mol. The molecule has 0 fully saturated rings. The van der Waals surface area contributed by atoms with Crippen LogP contribution in [-0.4, -0.2) is 38.7 Å². The third-order valence-corrected chi connectivity index (χ3v) is 4.28. The zero-order chi connectivity index (χ0) is 20.4. The van der Waals surface area contributed by atoms with Crippen molar-refractivity contribution in [3.05, 3.63) is 70.7 Å². The topological polar surface area (TPSA) is 90.7 Å². The summed E-state index contributed by atoms with van der Waals surface area (Å²) in [5, 5.41) is 19.6. The summed E-state index contributed by atoms with van der Waals surface area (Å²) >= 11 is 0. The van der Waals surface area contributed by atoms with E-state index in [2.05, 4.69) is 4.98 Å². The Labute approximate surface area is 158 Å². The van der Waals surface area contributed by atoms with Crippen molar-refractivity contribution in [2.24, 2.45) is 0 Å². The number of hydrogen-bond acceptors (Lipinski definition) is 4. The molecule has 3 aromatic rings. The number of fused-ring (bicyclic) bond motifs is 1. The Morgan fingerprint density at radius 2 is 1.79 bits per heavy atom. The first kappa shape index (κ1) is 19.2. The first-order valence-corrected chi connectivity index (χ1v) is 8.41. The van der Waals surface area contributed by atoms with Crippen molar-refractivity contribution in [3.8, 4) is 5.75 Å². The number of benzene rings is 2. The lowest BCUT2D eigenvalue weighted by molar-refractivity contribution is 0.0229. The van der Waals surface area contributed by atoms with Crippen molar-refractivity contribution < 1.29 is 28.7 Å². The molecule has 0 aliphatic heterocycles. The number of rotatable bonds is 5. The molecule has 0 saturated heterocycles. The number of hydrogen-bond donors (Lipinski definition) is 2. The van der Waals surface area contributed by atoms with Crippen LogP contribution in [0.4, 0.5) is 8.87 Å². The molecule has 1 aromatic heterocycles. The van der Waals surface area contributed by atoms with Gasteiger partial charge in [0.1, 0.15) is 16.9 Å². The Morgan fingerprint density at radius 3 is 2.39 bits per heavy atom. The van der Waals surface area contributed by atoms with E-state index in [1.165, 1.54) is 31.3 Å². The number of halogens is 2. The van der Waals surface area contributed by atoms with Crippen LogP contribution in [0.2, 0.25) is 0 Å². The van der Waals surface area contributed by atoms with Crippen LogP contribution in [0.3, 0.4) is 0 Å². The highest BCUT2D eigenvalue weighted by atomic mass is 19.2. The molecule has 144 valence electrons. The van der Waals surface area contributed by atoms with Crippen molar-refractivity contribution >= 4 is 22.8 Å². The molecule has 2 aromatic carbocycles. The molecule has 1 heterocycles. The molecule has 2 N–H and O–H groups in total. The number of aromatic hydroxyl groups is 1. The van der Waals surface area contributed by atoms with Crippen molar-refractivity contribution in [3.63, 3.8) is 0 Å². The van der Waals surface area contributed by atoms with Crippen molar-refractivity contribution in [2.75, 3.05) is 6.54 Å². The fraction of sp³-hybridized carbons (Fsp3) is 0.150. The fourth-order valence-corrected chi connectivity index (χ4v) is 2.87. The molecule has 0 spiro atoms. The summed E-state index contributed by atoms with van der Waals surface area (Å²) in [6.45, 7) is 1.20. The van der Waals surface area contributed by atoms with E-state index in [-0.39, 0.29) is 34.0 Å². The van der Waals surface area contributed by atoms with Crippen LogP contribution in [0.15, 0.2) is 42.6 Å². The molecule has 1 amide bonds. The highest BCUT2D eigenvalue weighted by Gasteiger charge is 2.24. The average molecular weight is 386 g/mol. The monoisotopic (exact) mass is 386 g/mol. The van der Waals surface area contributed by atoms with Gasteiger partial charge in [-0.15, -0.1) is 0 Å². The SMILES string of the molecule is CCN(F)C(=O)c1cc(C(=O)O)c(O)c2ncc(Cc3ccc(F)cc3)cc12. The lowest BCUT2D eigenvalue weighted by Gasteiger charge is -2.14. The van der Waals surface area contributed by atoms with E-state index in [1.54, 1.807) is 12.1 Å². The van der Waals surface area contributed by atoms with Gasteiger partial charge in [-0.05, 0) is 48.7 Å². The predicted molar refractivity (Wildman–Crippen MR) is 97.4 cm³/mol. The number of carboxylic acid groups (broad SMARTS) is 1. The van der Waals surface area contributed by atoms with Gasteiger partial charge in [-0.1, -0.05) is 16.6 Å². The maximum atomic E-state index is 13.9. The molecule has 0 radical (unpaired) electrons. The standard InChI is InChI=1S/C20H16F2N2O4/c1-2-24(22)19(26)15-9-16(20(27)28)18(25)17-14(15)8-12(10-23-17)7-11-3-5-13(21)6-4-11/h3-6,8-10,25H,2,7H2,1H3,(H,27,28). The van der Waals surface area contributed by atoms with E-state index >= 15 is 0 Å². The van der Waals surface area contributed by atoms with E-state index < -0.39 is 23.2 Å². The van der Waals surface area contributed by atoms with Gasteiger partial charge in [0.15, 0.2) is 5.75 Å². The second-order valence-corrected chi connectivity index (χ2v) is 6.15. The van der Waals surface area contributed by atoms with Crippen molar-refractivity contribution in [2.45, 2.75) is 13.3 Å². The normalized spacial score (nSPS) is 10.8. The number of nitrogens with zero attached hydrogens (tertiary/aromatic N) is 2. The van der Waals surface area contributed by atoms with Crippen molar-refractivity contribution in [1.29, 1.82) is 0 Å². The van der Waals surface area contributed by atoms with E-state index in [4.69, 9.17) is 0 Å². The van der Waals surface area contributed by atoms with Gasteiger partial charge in [-0.25, -0.2) is 9.18 Å². The zero-order valence-corrected chi connectivity index (χ0v) is 14.8. The van der Waals surface area contributed by atoms with E-state index in [0.717, 1.165) is 11.6 Å². The maximum Gasteiger partial charge on any atom is 0.339 e. The first-order chi connectivity index (χ1) is 13.3. The Morgan fingerprint density at radius 1 is 1.11 bits per heavy atom. The summed E-state index contributed by atoms with van der Waals surface area (Å²) < 4.78 is 26.9. The van der Waals surface area contributed by atoms with E-state index in [0.29, 0.717) is 12.0 Å².